The number of halogens is 1. The van der Waals surface area contributed by atoms with Crippen LogP contribution in [0.5, 0.6) is 0 Å². The molecule has 0 saturated heterocycles. The Morgan fingerprint density at radius 1 is 1.00 bits per heavy atom. The monoisotopic (exact) mass is 245 g/mol. The predicted molar refractivity (Wildman–Crippen MR) is 74.3 cm³/mol. The lowest BCUT2D eigenvalue weighted by molar-refractivity contribution is 1.07. The molecule has 0 heterocycles. The molecular formula is C15H16ClN. The van der Waals surface area contributed by atoms with Gasteiger partial charge in [-0.25, -0.2) is 0 Å². The highest BCUT2D eigenvalue weighted by molar-refractivity contribution is 6.30. The van der Waals surface area contributed by atoms with Gasteiger partial charge in [0.1, 0.15) is 0 Å². The first-order chi connectivity index (χ1) is 8.11. The summed E-state index contributed by atoms with van der Waals surface area (Å²) in [6, 6.07) is 12.3. The predicted octanol–water partition coefficient (Wildman–Crippen LogP) is 4.08. The zero-order valence-electron chi connectivity index (χ0n) is 10.1. The second kappa shape index (κ2) is 4.91. The van der Waals surface area contributed by atoms with Gasteiger partial charge in [-0.05, 0) is 53.8 Å². The van der Waals surface area contributed by atoms with Gasteiger partial charge >= 0.3 is 0 Å². The first-order valence-corrected chi connectivity index (χ1v) is 6.05. The molecule has 0 spiro atoms. The molecule has 2 aromatic rings. The summed E-state index contributed by atoms with van der Waals surface area (Å²) >= 11 is 5.98. The van der Waals surface area contributed by atoms with Crippen molar-refractivity contribution >= 4 is 11.6 Å². The van der Waals surface area contributed by atoms with Gasteiger partial charge in [0.05, 0.1) is 0 Å². The van der Waals surface area contributed by atoms with Crippen molar-refractivity contribution in [3.05, 3.63) is 58.1 Å². The molecule has 0 aliphatic rings. The van der Waals surface area contributed by atoms with E-state index >= 15 is 0 Å². The van der Waals surface area contributed by atoms with Crippen molar-refractivity contribution in [2.24, 2.45) is 5.73 Å². The Morgan fingerprint density at radius 3 is 2.41 bits per heavy atom. The van der Waals surface area contributed by atoms with Crippen molar-refractivity contribution in [1.29, 1.82) is 0 Å². The van der Waals surface area contributed by atoms with E-state index in [2.05, 4.69) is 32.0 Å². The van der Waals surface area contributed by atoms with Crippen LogP contribution in [0.25, 0.3) is 11.1 Å². The van der Waals surface area contributed by atoms with E-state index in [9.17, 15) is 0 Å². The second-order valence-corrected chi connectivity index (χ2v) is 4.74. The summed E-state index contributed by atoms with van der Waals surface area (Å²) < 4.78 is 0. The molecule has 0 amide bonds. The number of aryl methyl sites for hydroxylation is 2. The molecule has 2 rings (SSSR count). The fraction of sp³-hybridized carbons (Fsp3) is 0.200. The molecule has 2 heteroatoms. The molecule has 0 atom stereocenters. The molecule has 2 aromatic carbocycles. The Bertz CT molecular complexity index is 547. The molecule has 0 unspecified atom stereocenters. The van der Waals surface area contributed by atoms with E-state index in [1.54, 1.807) is 0 Å². The molecule has 0 aromatic heterocycles. The topological polar surface area (TPSA) is 26.0 Å². The average Bonchev–Trinajstić information content (AvgIpc) is 2.32. The van der Waals surface area contributed by atoms with Gasteiger partial charge in [0.15, 0.2) is 0 Å². The van der Waals surface area contributed by atoms with E-state index in [-0.39, 0.29) is 0 Å². The quantitative estimate of drug-likeness (QED) is 0.848. The average molecular weight is 246 g/mol. The minimum Gasteiger partial charge on any atom is -0.326 e. The van der Waals surface area contributed by atoms with Crippen LogP contribution in [0.2, 0.25) is 5.02 Å². The summed E-state index contributed by atoms with van der Waals surface area (Å²) in [5.74, 6) is 0. The SMILES string of the molecule is Cc1ccc(-c2ccc(Cl)cc2CN)cc1C. The van der Waals surface area contributed by atoms with Crippen LogP contribution in [0.3, 0.4) is 0 Å². The molecule has 0 aliphatic carbocycles. The lowest BCUT2D eigenvalue weighted by Crippen LogP contribution is -1.99. The fourth-order valence-corrected chi connectivity index (χ4v) is 2.12. The molecule has 0 aliphatic heterocycles. The van der Waals surface area contributed by atoms with Gasteiger partial charge < -0.3 is 5.73 Å². The van der Waals surface area contributed by atoms with Crippen molar-refractivity contribution < 1.29 is 0 Å². The fourth-order valence-electron chi connectivity index (χ4n) is 1.92. The van der Waals surface area contributed by atoms with Crippen molar-refractivity contribution in [2.45, 2.75) is 20.4 Å². The Kier molecular flexibility index (Phi) is 3.51. The minimum absolute atomic E-state index is 0.503. The van der Waals surface area contributed by atoms with Crippen LogP contribution in [0.15, 0.2) is 36.4 Å². The van der Waals surface area contributed by atoms with Crippen LogP contribution in [0.1, 0.15) is 16.7 Å². The van der Waals surface area contributed by atoms with Gasteiger partial charge in [0.2, 0.25) is 0 Å². The number of rotatable bonds is 2. The largest absolute Gasteiger partial charge is 0.326 e. The standard InChI is InChI=1S/C15H16ClN/c1-10-3-4-12(7-11(10)2)15-6-5-14(16)8-13(15)9-17/h3-8H,9,17H2,1-2H3. The maximum atomic E-state index is 5.98. The Morgan fingerprint density at radius 2 is 1.76 bits per heavy atom. The highest BCUT2D eigenvalue weighted by Gasteiger charge is 2.05. The van der Waals surface area contributed by atoms with Crippen molar-refractivity contribution in [1.82, 2.24) is 0 Å². The zero-order chi connectivity index (χ0) is 12.4. The van der Waals surface area contributed by atoms with E-state index < -0.39 is 0 Å². The number of hydrogen-bond acceptors (Lipinski definition) is 1. The van der Waals surface area contributed by atoms with E-state index in [4.69, 9.17) is 17.3 Å². The zero-order valence-corrected chi connectivity index (χ0v) is 10.9. The molecule has 17 heavy (non-hydrogen) atoms. The van der Waals surface area contributed by atoms with Crippen LogP contribution in [-0.2, 0) is 6.54 Å². The van der Waals surface area contributed by atoms with Gasteiger partial charge in [0.25, 0.3) is 0 Å². The molecule has 0 saturated carbocycles. The molecule has 2 N–H and O–H groups in total. The van der Waals surface area contributed by atoms with E-state index in [0.717, 1.165) is 10.6 Å². The number of hydrogen-bond donors (Lipinski definition) is 1. The highest BCUT2D eigenvalue weighted by Crippen LogP contribution is 2.27. The minimum atomic E-state index is 0.503. The van der Waals surface area contributed by atoms with E-state index in [1.807, 2.05) is 18.2 Å². The van der Waals surface area contributed by atoms with Crippen LogP contribution >= 0.6 is 11.6 Å². The maximum Gasteiger partial charge on any atom is 0.0409 e. The van der Waals surface area contributed by atoms with Gasteiger partial charge in [-0.3, -0.25) is 0 Å². The van der Waals surface area contributed by atoms with E-state index in [1.165, 1.54) is 22.3 Å². The maximum absolute atomic E-state index is 5.98. The first-order valence-electron chi connectivity index (χ1n) is 5.68. The third-order valence-electron chi connectivity index (χ3n) is 3.11. The van der Waals surface area contributed by atoms with Gasteiger partial charge in [-0.2, -0.15) is 0 Å². The molecule has 0 fully saturated rings. The third kappa shape index (κ3) is 2.51. The van der Waals surface area contributed by atoms with Crippen LogP contribution in [0, 0.1) is 13.8 Å². The lowest BCUT2D eigenvalue weighted by Gasteiger charge is -2.10. The smallest absolute Gasteiger partial charge is 0.0409 e. The normalized spacial score (nSPS) is 10.6. The van der Waals surface area contributed by atoms with Crippen LogP contribution < -0.4 is 5.73 Å². The Hall–Kier alpha value is -1.31. The molecule has 1 nitrogen and oxygen atoms in total. The summed E-state index contributed by atoms with van der Waals surface area (Å²) in [5, 5.41) is 0.734. The number of benzene rings is 2. The van der Waals surface area contributed by atoms with Gasteiger partial charge in [0, 0.05) is 11.6 Å². The number of nitrogens with two attached hydrogens (primary N) is 1. The van der Waals surface area contributed by atoms with Crippen molar-refractivity contribution in [2.75, 3.05) is 0 Å². The summed E-state index contributed by atoms with van der Waals surface area (Å²) in [6.07, 6.45) is 0. The van der Waals surface area contributed by atoms with Crippen LogP contribution in [-0.4, -0.2) is 0 Å². The van der Waals surface area contributed by atoms with Gasteiger partial charge in [-0.15, -0.1) is 0 Å². The summed E-state index contributed by atoms with van der Waals surface area (Å²) in [5.41, 5.74) is 11.8. The van der Waals surface area contributed by atoms with Crippen LogP contribution in [0.4, 0.5) is 0 Å². The molecule has 88 valence electrons. The molecule has 0 radical (unpaired) electrons. The van der Waals surface area contributed by atoms with E-state index in [0.29, 0.717) is 6.54 Å². The lowest BCUT2D eigenvalue weighted by atomic mass is 9.96. The highest BCUT2D eigenvalue weighted by atomic mass is 35.5. The summed E-state index contributed by atoms with van der Waals surface area (Å²) in [7, 11) is 0. The van der Waals surface area contributed by atoms with Crippen molar-refractivity contribution in [3.8, 4) is 11.1 Å². The third-order valence-corrected chi connectivity index (χ3v) is 3.34. The molecule has 0 bridgehead atoms. The second-order valence-electron chi connectivity index (χ2n) is 4.30. The Balaban J connectivity index is 2.55. The summed E-state index contributed by atoms with van der Waals surface area (Å²) in [4.78, 5) is 0. The van der Waals surface area contributed by atoms with Crippen molar-refractivity contribution in [3.63, 3.8) is 0 Å². The Labute approximate surface area is 107 Å². The van der Waals surface area contributed by atoms with Gasteiger partial charge in [-0.1, -0.05) is 35.9 Å². The summed E-state index contributed by atoms with van der Waals surface area (Å²) in [6.45, 7) is 4.74. The molecular weight excluding hydrogens is 230 g/mol. The first kappa shape index (κ1) is 12.2.